The first kappa shape index (κ1) is 16.6. The van der Waals surface area contributed by atoms with Crippen LogP contribution in [0.1, 0.15) is 26.7 Å². The Bertz CT molecular complexity index is 358. The molecule has 1 rings (SSSR count). The first-order valence-electron chi connectivity index (χ1n) is 6.59. The topological polar surface area (TPSA) is 61.4 Å². The van der Waals surface area contributed by atoms with E-state index in [1.54, 1.807) is 0 Å². The number of carbonyl (C=O) groups excluding carboxylic acids is 2. The number of halogens is 3. The zero-order chi connectivity index (χ0) is 15.3. The molecule has 1 saturated heterocycles. The molecule has 0 aromatic rings. The average Bonchev–Trinajstić information content (AvgIpc) is 2.34. The lowest BCUT2D eigenvalue weighted by Crippen LogP contribution is -2.50. The minimum Gasteiger partial charge on any atom is -0.347 e. The number of rotatable bonds is 3. The van der Waals surface area contributed by atoms with E-state index in [9.17, 15) is 22.8 Å². The molecule has 0 saturated carbocycles. The van der Waals surface area contributed by atoms with Crippen LogP contribution in [0.25, 0.3) is 0 Å². The van der Waals surface area contributed by atoms with Crippen molar-refractivity contribution in [2.24, 2.45) is 5.92 Å². The van der Waals surface area contributed by atoms with Crippen LogP contribution >= 0.6 is 0 Å². The molecule has 0 bridgehead atoms. The van der Waals surface area contributed by atoms with E-state index in [0.29, 0.717) is 19.4 Å². The fourth-order valence-corrected chi connectivity index (χ4v) is 2.05. The van der Waals surface area contributed by atoms with Gasteiger partial charge in [0, 0.05) is 19.1 Å². The normalized spacial score (nSPS) is 19.9. The number of carbonyl (C=O) groups is 2. The second-order valence-electron chi connectivity index (χ2n) is 5.22. The van der Waals surface area contributed by atoms with Crippen molar-refractivity contribution in [1.82, 2.24) is 15.5 Å². The Morgan fingerprint density at radius 1 is 1.35 bits per heavy atom. The third-order valence-electron chi connectivity index (χ3n) is 2.95. The maximum Gasteiger partial charge on any atom is 0.405 e. The summed E-state index contributed by atoms with van der Waals surface area (Å²) in [7, 11) is 0. The lowest BCUT2D eigenvalue weighted by Gasteiger charge is -2.32. The summed E-state index contributed by atoms with van der Waals surface area (Å²) in [4.78, 5) is 24.9. The Morgan fingerprint density at radius 2 is 2.00 bits per heavy atom. The van der Waals surface area contributed by atoms with Crippen molar-refractivity contribution >= 4 is 11.9 Å². The molecular weight excluding hydrogens is 275 g/mol. The van der Waals surface area contributed by atoms with E-state index in [4.69, 9.17) is 0 Å². The van der Waals surface area contributed by atoms with Gasteiger partial charge in [-0.25, -0.2) is 4.79 Å². The van der Waals surface area contributed by atoms with E-state index in [1.807, 2.05) is 19.2 Å². The van der Waals surface area contributed by atoms with Gasteiger partial charge in [-0.3, -0.25) is 4.79 Å². The van der Waals surface area contributed by atoms with E-state index in [0.717, 1.165) is 0 Å². The first-order valence-corrected chi connectivity index (χ1v) is 6.59. The summed E-state index contributed by atoms with van der Waals surface area (Å²) in [5.41, 5.74) is 0. The summed E-state index contributed by atoms with van der Waals surface area (Å²) in [5.74, 6) is -1.23. The van der Waals surface area contributed by atoms with Crippen LogP contribution in [0.5, 0.6) is 0 Å². The van der Waals surface area contributed by atoms with Gasteiger partial charge in [0.15, 0.2) is 0 Å². The van der Waals surface area contributed by atoms with Gasteiger partial charge in [-0.05, 0) is 26.7 Å². The highest BCUT2D eigenvalue weighted by Gasteiger charge is 2.32. The summed E-state index contributed by atoms with van der Waals surface area (Å²) in [6.45, 7) is 2.97. The number of amides is 3. The standard InChI is InChI=1S/C12H20F3N3O2/c1-8(2)17-11(20)18-5-3-4-9(6-18)10(19)16-7-12(13,14)15/h8-9H,3-7H2,1-2H3,(H,16,19)(H,17,20). The van der Waals surface area contributed by atoms with Crippen molar-refractivity contribution in [3.63, 3.8) is 0 Å². The van der Waals surface area contributed by atoms with Gasteiger partial charge in [0.05, 0.1) is 5.92 Å². The van der Waals surface area contributed by atoms with Gasteiger partial charge in [-0.1, -0.05) is 0 Å². The molecule has 1 aliphatic rings. The van der Waals surface area contributed by atoms with Crippen LogP contribution in [0.4, 0.5) is 18.0 Å². The first-order chi connectivity index (χ1) is 9.19. The van der Waals surface area contributed by atoms with E-state index < -0.39 is 24.5 Å². The largest absolute Gasteiger partial charge is 0.405 e. The van der Waals surface area contributed by atoms with Gasteiger partial charge in [0.1, 0.15) is 6.54 Å². The summed E-state index contributed by atoms with van der Waals surface area (Å²) < 4.78 is 36.1. The third kappa shape index (κ3) is 5.66. The second-order valence-corrected chi connectivity index (χ2v) is 5.22. The average molecular weight is 295 g/mol. The van der Waals surface area contributed by atoms with Crippen LogP contribution < -0.4 is 10.6 Å². The van der Waals surface area contributed by atoms with Crippen molar-refractivity contribution < 1.29 is 22.8 Å². The minimum atomic E-state index is -4.42. The molecule has 1 unspecified atom stereocenters. The van der Waals surface area contributed by atoms with E-state index >= 15 is 0 Å². The third-order valence-corrected chi connectivity index (χ3v) is 2.95. The maximum atomic E-state index is 12.0. The number of nitrogens with one attached hydrogen (secondary N) is 2. The highest BCUT2D eigenvalue weighted by Crippen LogP contribution is 2.18. The number of hydrogen-bond donors (Lipinski definition) is 2. The SMILES string of the molecule is CC(C)NC(=O)N1CCCC(C(=O)NCC(F)(F)F)C1. The fourth-order valence-electron chi connectivity index (χ4n) is 2.05. The maximum absolute atomic E-state index is 12.0. The van der Waals surface area contributed by atoms with Crippen molar-refractivity contribution in [1.29, 1.82) is 0 Å². The molecule has 3 amide bonds. The second kappa shape index (κ2) is 6.81. The van der Waals surface area contributed by atoms with Gasteiger partial charge >= 0.3 is 12.2 Å². The lowest BCUT2D eigenvalue weighted by molar-refractivity contribution is -0.141. The Morgan fingerprint density at radius 3 is 2.55 bits per heavy atom. The van der Waals surface area contributed by atoms with Gasteiger partial charge in [0.2, 0.25) is 5.91 Å². The highest BCUT2D eigenvalue weighted by atomic mass is 19.4. The molecule has 20 heavy (non-hydrogen) atoms. The Balaban J connectivity index is 2.47. The molecule has 5 nitrogen and oxygen atoms in total. The van der Waals surface area contributed by atoms with Crippen molar-refractivity contribution in [3.05, 3.63) is 0 Å². The fraction of sp³-hybridized carbons (Fsp3) is 0.833. The lowest BCUT2D eigenvalue weighted by atomic mass is 9.97. The zero-order valence-corrected chi connectivity index (χ0v) is 11.6. The van der Waals surface area contributed by atoms with Crippen LogP contribution in [0.3, 0.4) is 0 Å². The molecule has 0 aromatic carbocycles. The van der Waals surface area contributed by atoms with Crippen LogP contribution in [-0.4, -0.2) is 48.7 Å². The summed E-state index contributed by atoms with van der Waals surface area (Å²) in [6.07, 6.45) is -3.32. The Hall–Kier alpha value is -1.47. The van der Waals surface area contributed by atoms with Gasteiger partial charge < -0.3 is 15.5 Å². The van der Waals surface area contributed by atoms with Crippen molar-refractivity contribution in [2.75, 3.05) is 19.6 Å². The predicted octanol–water partition coefficient (Wildman–Crippen LogP) is 1.49. The van der Waals surface area contributed by atoms with E-state index in [-0.39, 0.29) is 18.6 Å². The van der Waals surface area contributed by atoms with Crippen LogP contribution in [0, 0.1) is 5.92 Å². The molecule has 8 heteroatoms. The molecule has 1 aliphatic heterocycles. The van der Waals surface area contributed by atoms with Gasteiger partial charge in [0.25, 0.3) is 0 Å². The van der Waals surface area contributed by atoms with Gasteiger partial charge in [-0.2, -0.15) is 13.2 Å². The molecule has 1 heterocycles. The van der Waals surface area contributed by atoms with Crippen LogP contribution in [0.2, 0.25) is 0 Å². The number of likely N-dealkylation sites (tertiary alicyclic amines) is 1. The number of urea groups is 1. The molecule has 2 N–H and O–H groups in total. The number of alkyl halides is 3. The van der Waals surface area contributed by atoms with E-state index in [2.05, 4.69) is 5.32 Å². The number of hydrogen-bond acceptors (Lipinski definition) is 2. The quantitative estimate of drug-likeness (QED) is 0.829. The molecule has 116 valence electrons. The molecule has 1 fully saturated rings. The van der Waals surface area contributed by atoms with Crippen LogP contribution in [-0.2, 0) is 4.79 Å². The molecule has 0 spiro atoms. The van der Waals surface area contributed by atoms with Crippen LogP contribution in [0.15, 0.2) is 0 Å². The zero-order valence-electron chi connectivity index (χ0n) is 11.6. The minimum absolute atomic E-state index is 0.0260. The molecule has 0 radical (unpaired) electrons. The molecule has 0 aromatic heterocycles. The summed E-state index contributed by atoms with van der Waals surface area (Å²) in [6, 6.07) is -0.310. The monoisotopic (exact) mass is 295 g/mol. The number of nitrogens with zero attached hydrogens (tertiary/aromatic N) is 1. The van der Waals surface area contributed by atoms with Crippen molar-refractivity contribution in [2.45, 2.75) is 38.9 Å². The predicted molar refractivity (Wildman–Crippen MR) is 67.0 cm³/mol. The highest BCUT2D eigenvalue weighted by molar-refractivity contribution is 5.80. The van der Waals surface area contributed by atoms with E-state index in [1.165, 1.54) is 4.90 Å². The molecular formula is C12H20F3N3O2. The molecule has 1 atom stereocenters. The molecule has 0 aliphatic carbocycles. The number of piperidine rings is 1. The summed E-state index contributed by atoms with van der Waals surface area (Å²) in [5, 5.41) is 4.57. The van der Waals surface area contributed by atoms with Crippen molar-refractivity contribution in [3.8, 4) is 0 Å². The van der Waals surface area contributed by atoms with Gasteiger partial charge in [-0.15, -0.1) is 0 Å². The Labute approximate surface area is 115 Å². The summed E-state index contributed by atoms with van der Waals surface area (Å²) >= 11 is 0. The Kier molecular flexibility index (Phi) is 5.64. The smallest absolute Gasteiger partial charge is 0.347 e.